The molecule has 0 bridgehead atoms. The number of fused-ring (bicyclic) bond motifs is 1. The second-order valence-electron chi connectivity index (χ2n) is 2.83. The van der Waals surface area contributed by atoms with Crippen molar-refractivity contribution in [3.8, 4) is 0 Å². The van der Waals surface area contributed by atoms with E-state index in [0.717, 1.165) is 16.0 Å². The standard InChI is InChI=1S/C8H12N4P2S.C2H6/c9-13(10)7-5-3-1-2-4-6(5)15-8(7)14(11)12;1-2/h1-4H,9-12H2;1-2H3/i/hT8. The summed E-state index contributed by atoms with van der Waals surface area (Å²) in [4.78, 5) is 0. The first kappa shape index (κ1) is 6.88. The van der Waals surface area contributed by atoms with Gasteiger partial charge in [-0.2, -0.15) is 0 Å². The molecule has 1 heterocycles. The highest BCUT2D eigenvalue weighted by Crippen LogP contribution is 2.31. The Labute approximate surface area is 120 Å². The zero-order valence-electron chi connectivity index (χ0n) is 17.4. The number of hydrogen-bond donors (Lipinski definition) is 4. The van der Waals surface area contributed by atoms with Gasteiger partial charge in [0.2, 0.25) is 0 Å². The van der Waals surface area contributed by atoms with E-state index in [-0.39, 0.29) is 31.9 Å². The van der Waals surface area contributed by atoms with Gasteiger partial charge in [0.25, 0.3) is 0 Å². The molecule has 94 valence electrons. The lowest BCUT2D eigenvalue weighted by Gasteiger charge is -2.09. The van der Waals surface area contributed by atoms with Crippen LogP contribution in [0.15, 0.2) is 24.3 Å². The van der Waals surface area contributed by atoms with Gasteiger partial charge < -0.3 is 0 Å². The quantitative estimate of drug-likeness (QED) is 0.609. The molecule has 17 heavy (non-hydrogen) atoms. The Kier molecular flexibility index (Phi) is 2.72. The van der Waals surface area contributed by atoms with Gasteiger partial charge in [-0.05, 0) is 6.07 Å². The maximum absolute atomic E-state index is 7.51. The Morgan fingerprint density at radius 3 is 2.35 bits per heavy atom. The zero-order chi connectivity index (χ0) is 19.3. The fourth-order valence-corrected chi connectivity index (χ4v) is 4.70. The molecular weight excluding hydrogens is 270 g/mol. The highest BCUT2D eigenvalue weighted by molar-refractivity contribution is 7.73. The fraction of sp³-hybridized carbons (Fsp3) is 0.200. The summed E-state index contributed by atoms with van der Waals surface area (Å²) in [5.41, 5.74) is 0.982. The molecule has 0 saturated carbocycles. The summed E-state index contributed by atoms with van der Waals surface area (Å²) in [5.74, 6) is 0. The predicted octanol–water partition coefficient (Wildman–Crippen LogP) is 1.64. The molecule has 0 radical (unpaired) electrons. The van der Waals surface area contributed by atoms with E-state index >= 15 is 0 Å². The summed E-state index contributed by atoms with van der Waals surface area (Å²) in [6, 6.07) is 6.97. The van der Waals surface area contributed by atoms with Crippen molar-refractivity contribution in [2.24, 2.45) is 22.0 Å². The van der Waals surface area contributed by atoms with E-state index in [2.05, 4.69) is 0 Å². The Balaban J connectivity index is 0.00000151. The summed E-state index contributed by atoms with van der Waals surface area (Å²) in [5, 5.41) is 0.888. The van der Waals surface area contributed by atoms with Gasteiger partial charge in [-0.15, -0.1) is 11.3 Å². The summed E-state index contributed by atoms with van der Waals surface area (Å²) >= 11 is 1.15. The molecule has 0 fully saturated rings. The molecule has 0 spiro atoms. The third-order valence-electron chi connectivity index (χ3n) is 1.93. The fourth-order valence-electron chi connectivity index (χ4n) is 1.35. The van der Waals surface area contributed by atoms with Crippen LogP contribution in [0.1, 0.15) is 13.8 Å². The highest BCUT2D eigenvalue weighted by atomic mass is 32.1. The first-order chi connectivity index (χ1) is 11.8. The minimum absolute atomic E-state index is 0.244. The average Bonchev–Trinajstić information content (AvgIpc) is 2.87. The number of hydrogen-bond acceptors (Lipinski definition) is 5. The van der Waals surface area contributed by atoms with Crippen molar-refractivity contribution in [1.82, 2.24) is 0 Å². The predicted molar refractivity (Wildman–Crippen MR) is 83.0 cm³/mol. The summed E-state index contributed by atoms with van der Waals surface area (Å²) in [6.07, 6.45) is 0. The number of nitrogens with two attached hydrogens (primary N) is 4. The van der Waals surface area contributed by atoms with Crippen molar-refractivity contribution in [3.63, 3.8) is 0 Å². The molecule has 1 aromatic carbocycles. The van der Waals surface area contributed by atoms with Crippen molar-refractivity contribution >= 4 is 47.8 Å². The molecule has 0 atom stereocenters. The topological polar surface area (TPSA) is 104 Å². The van der Waals surface area contributed by atoms with Crippen LogP contribution >= 0.6 is 27.8 Å². The number of benzene rings is 1. The van der Waals surface area contributed by atoms with E-state index in [1.54, 1.807) is 24.3 Å². The van der Waals surface area contributed by atoms with Crippen LogP contribution in [0.3, 0.4) is 0 Å². The van der Waals surface area contributed by atoms with E-state index < -0.39 is 16.4 Å². The minimum atomic E-state index is -2.17. The largest absolute Gasteiger partial charge is 0.294 e. The highest BCUT2D eigenvalue weighted by Gasteiger charge is 2.18. The minimum Gasteiger partial charge on any atom is -0.294 e. The van der Waals surface area contributed by atoms with Crippen molar-refractivity contribution in [2.45, 2.75) is 13.8 Å². The molecule has 1 aromatic heterocycles. The van der Waals surface area contributed by atoms with Crippen LogP contribution in [-0.4, -0.2) is 0 Å². The van der Waals surface area contributed by atoms with Gasteiger partial charge in [0.15, 0.2) is 0 Å². The lowest BCUT2D eigenvalue weighted by atomic mass is 10.3. The van der Waals surface area contributed by atoms with Crippen LogP contribution < -0.4 is 31.9 Å². The number of thiophene rings is 1. The van der Waals surface area contributed by atoms with E-state index in [1.807, 2.05) is 13.8 Å². The first-order valence-corrected chi connectivity index (χ1v) is 8.29. The van der Waals surface area contributed by atoms with E-state index in [9.17, 15) is 0 Å². The van der Waals surface area contributed by atoms with Crippen molar-refractivity contribution in [3.05, 3.63) is 24.3 Å². The van der Waals surface area contributed by atoms with Gasteiger partial charge in [0.05, 0.1) is 21.1 Å². The van der Waals surface area contributed by atoms with Crippen LogP contribution in [0, 0.1) is 0 Å². The normalized spacial score (nSPS) is 18.4. The molecule has 0 aliphatic heterocycles. The molecule has 0 saturated heterocycles. The van der Waals surface area contributed by atoms with Crippen LogP contribution in [0.2, 0.25) is 11.3 Å². The van der Waals surface area contributed by atoms with E-state index in [0.29, 0.717) is 5.39 Å². The molecule has 0 aliphatic carbocycles. The van der Waals surface area contributed by atoms with Gasteiger partial charge in [0.1, 0.15) is 11.3 Å². The molecule has 0 amide bonds. The second kappa shape index (κ2) is 6.72. The Hall–Kier alpha value is -0.120. The van der Waals surface area contributed by atoms with Crippen LogP contribution in [0.4, 0.5) is 0 Å². The third kappa shape index (κ3) is 3.21. The molecule has 4 nitrogen and oxygen atoms in total. The Morgan fingerprint density at radius 2 is 1.71 bits per heavy atom. The van der Waals surface area contributed by atoms with Crippen molar-refractivity contribution < 1.29 is 11.3 Å². The second-order valence-corrected chi connectivity index (χ2v) is 6.24. The molecule has 2 aromatic rings. The lowest BCUT2D eigenvalue weighted by Crippen LogP contribution is -2.27. The molecule has 0 aliphatic rings. The van der Waals surface area contributed by atoms with Crippen molar-refractivity contribution in [2.75, 3.05) is 0 Å². The smallest absolute Gasteiger partial charge is 0.125 e. The van der Waals surface area contributed by atoms with Gasteiger partial charge in [-0.3, -0.25) is 22.0 Å². The molecule has 2 rings (SSSR count). The average molecular weight is 304 g/mol. The molecule has 7 heteroatoms. The number of rotatable bonds is 6. The van der Waals surface area contributed by atoms with E-state index in [1.165, 1.54) is 0 Å². The zero-order valence-corrected chi connectivity index (χ0v) is 12.0. The van der Waals surface area contributed by atoms with Gasteiger partial charge >= 0.3 is 0 Å². The molecular formula is C10H18N4P2S. The summed E-state index contributed by atoms with van der Waals surface area (Å²) in [7, 11) is -4.31. The maximum Gasteiger partial charge on any atom is 0.125 e. The first-order valence-electron chi connectivity index (χ1n) is 8.56. The molecule has 8 N–H and O–H groups in total. The van der Waals surface area contributed by atoms with Gasteiger partial charge in [-0.25, -0.2) is 0 Å². The van der Waals surface area contributed by atoms with Crippen LogP contribution in [-0.2, 0) is 0 Å². The Morgan fingerprint density at radius 1 is 1.06 bits per heavy atom. The van der Waals surface area contributed by atoms with Crippen molar-refractivity contribution in [1.29, 1.82) is 0 Å². The monoisotopic (exact) mass is 304 g/mol. The summed E-state index contributed by atoms with van der Waals surface area (Å²) in [6.45, 7) is 4.00. The van der Waals surface area contributed by atoms with Gasteiger partial charge in [-0.1, -0.05) is 32.0 Å². The lowest BCUT2D eigenvalue weighted by molar-refractivity contribution is 1.50. The SMILES string of the molecule is CC.[3H]N([3H])P(c1sc2ccccc2c1P(N([3H])[3H])N([3H])[3H])N([3H])[3H]. The van der Waals surface area contributed by atoms with Crippen LogP contribution in [0.5, 0.6) is 0 Å². The van der Waals surface area contributed by atoms with Crippen LogP contribution in [0.25, 0.3) is 10.1 Å². The third-order valence-corrected chi connectivity index (χ3v) is 5.45. The maximum atomic E-state index is 7.51. The van der Waals surface area contributed by atoms with Gasteiger partial charge in [0, 0.05) is 15.4 Å². The Bertz CT molecular complexity index is 657. The summed E-state index contributed by atoms with van der Waals surface area (Å²) < 4.78 is 61.0. The van der Waals surface area contributed by atoms with E-state index in [4.69, 9.17) is 11.3 Å². The molecule has 0 unspecified atom stereocenters.